The smallest absolute Gasteiger partial charge is 0.386 e. The summed E-state index contributed by atoms with van der Waals surface area (Å²) < 4.78 is 35.7. The molecule has 3 aromatic carbocycles. The molecule has 0 amide bonds. The predicted octanol–water partition coefficient (Wildman–Crippen LogP) is 16.9. The maximum atomic E-state index is 15.6. The van der Waals surface area contributed by atoms with E-state index in [1.165, 1.54) is 77.0 Å². The van der Waals surface area contributed by atoms with Gasteiger partial charge in [0.25, 0.3) is 0 Å². The Kier molecular flexibility index (Phi) is 22.1. The van der Waals surface area contributed by atoms with Crippen molar-refractivity contribution in [1.82, 2.24) is 0 Å². The van der Waals surface area contributed by atoms with E-state index in [4.69, 9.17) is 13.6 Å². The first-order chi connectivity index (χ1) is 25.9. The fourth-order valence-electron chi connectivity index (χ4n) is 7.98. The molecule has 0 fully saturated rings. The second kappa shape index (κ2) is 26.2. The molecule has 3 aromatic rings. The summed E-state index contributed by atoms with van der Waals surface area (Å²) >= 11 is 0. The Balaban J connectivity index is 2.09. The molecule has 3 rings (SSSR count). The summed E-state index contributed by atoms with van der Waals surface area (Å²) in [5.41, 5.74) is 3.29. The van der Waals surface area contributed by atoms with Crippen molar-refractivity contribution in [1.29, 1.82) is 0 Å². The lowest BCUT2D eigenvalue weighted by molar-refractivity contribution is 0.292. The highest BCUT2D eigenvalue weighted by molar-refractivity contribution is 7.49. The van der Waals surface area contributed by atoms with Crippen LogP contribution < -0.4 is 13.6 Å². The van der Waals surface area contributed by atoms with Gasteiger partial charge in [-0.25, -0.2) is 0 Å². The summed E-state index contributed by atoms with van der Waals surface area (Å²) in [4.78, 5) is 0. The van der Waals surface area contributed by atoms with E-state index in [-0.39, 0.29) is 0 Å². The van der Waals surface area contributed by atoms with E-state index in [1.54, 1.807) is 0 Å². The summed E-state index contributed by atoms with van der Waals surface area (Å²) in [5, 5.41) is 0. The van der Waals surface area contributed by atoms with Crippen LogP contribution >= 0.6 is 7.82 Å². The van der Waals surface area contributed by atoms with E-state index in [9.17, 15) is 0 Å². The largest absolute Gasteiger partial charge is 0.647 e. The van der Waals surface area contributed by atoms with Crippen molar-refractivity contribution in [3.8, 4) is 17.2 Å². The monoisotopic (exact) mass is 747 g/mol. The number of benzene rings is 3. The van der Waals surface area contributed by atoms with E-state index >= 15 is 4.57 Å². The van der Waals surface area contributed by atoms with Crippen LogP contribution in [0.5, 0.6) is 17.2 Å². The van der Waals surface area contributed by atoms with Gasteiger partial charge in [-0.3, -0.25) is 0 Å². The highest BCUT2D eigenvalue weighted by Crippen LogP contribution is 2.54. The molecule has 4 nitrogen and oxygen atoms in total. The van der Waals surface area contributed by atoms with E-state index in [1.807, 2.05) is 36.4 Å². The van der Waals surface area contributed by atoms with Crippen LogP contribution in [0.3, 0.4) is 0 Å². The van der Waals surface area contributed by atoms with Gasteiger partial charge in [-0.1, -0.05) is 192 Å². The third-order valence-corrected chi connectivity index (χ3v) is 12.1. The molecular formula is C48H75O4P. The van der Waals surface area contributed by atoms with Crippen molar-refractivity contribution in [3.63, 3.8) is 0 Å². The number of unbranched alkanes of at least 4 members (excludes halogenated alkanes) is 9. The van der Waals surface area contributed by atoms with Gasteiger partial charge in [0.1, 0.15) is 17.2 Å². The van der Waals surface area contributed by atoms with Crippen molar-refractivity contribution in [2.75, 3.05) is 0 Å². The van der Waals surface area contributed by atoms with Crippen LogP contribution in [-0.2, 0) is 4.57 Å². The van der Waals surface area contributed by atoms with Gasteiger partial charge in [0.15, 0.2) is 0 Å². The van der Waals surface area contributed by atoms with Crippen LogP contribution in [-0.4, -0.2) is 0 Å². The van der Waals surface area contributed by atoms with Crippen molar-refractivity contribution < 1.29 is 18.1 Å². The first kappa shape index (κ1) is 44.7. The molecule has 0 heterocycles. The summed E-state index contributed by atoms with van der Waals surface area (Å²) in [6.07, 6.45) is 24.2. The van der Waals surface area contributed by atoms with Crippen LogP contribution in [0.15, 0.2) is 72.8 Å². The van der Waals surface area contributed by atoms with Crippen LogP contribution in [0.1, 0.15) is 211 Å². The molecule has 0 aliphatic carbocycles. The molecule has 0 spiro atoms. The minimum atomic E-state index is -4.25. The fraction of sp³-hybridized carbons (Fsp3) is 0.625. The topological polar surface area (TPSA) is 44.8 Å². The lowest BCUT2D eigenvalue weighted by Crippen LogP contribution is -2.13. The molecule has 0 aliphatic heterocycles. The first-order valence-corrected chi connectivity index (χ1v) is 23.3. The van der Waals surface area contributed by atoms with Crippen LogP contribution in [0.25, 0.3) is 0 Å². The van der Waals surface area contributed by atoms with Gasteiger partial charge >= 0.3 is 7.82 Å². The lowest BCUT2D eigenvalue weighted by Gasteiger charge is -2.27. The van der Waals surface area contributed by atoms with Crippen LogP contribution in [0.4, 0.5) is 0 Å². The molecule has 0 aliphatic rings. The zero-order valence-corrected chi connectivity index (χ0v) is 35.5. The van der Waals surface area contributed by atoms with Gasteiger partial charge in [-0.05, 0) is 91.2 Å². The van der Waals surface area contributed by atoms with E-state index < -0.39 is 7.82 Å². The number of hydrogen-bond donors (Lipinski definition) is 0. The quantitative estimate of drug-likeness (QED) is 0.0503. The zero-order chi connectivity index (χ0) is 38.2. The number of phosphoric ester groups is 1. The van der Waals surface area contributed by atoms with Crippen molar-refractivity contribution in [3.05, 3.63) is 89.5 Å². The molecular weight excluding hydrogens is 671 g/mol. The molecule has 0 saturated heterocycles. The Labute approximate surface area is 325 Å². The van der Waals surface area contributed by atoms with E-state index in [2.05, 4.69) is 77.9 Å². The number of para-hydroxylation sites is 3. The van der Waals surface area contributed by atoms with Crippen LogP contribution in [0, 0.1) is 0 Å². The number of rotatable bonds is 30. The molecule has 0 bridgehead atoms. The van der Waals surface area contributed by atoms with Gasteiger partial charge in [-0.2, -0.15) is 4.57 Å². The Bertz CT molecular complexity index is 1270. The number of phosphoric acid groups is 1. The Morgan fingerprint density at radius 2 is 0.660 bits per heavy atom. The Hall–Kier alpha value is -2.71. The van der Waals surface area contributed by atoms with Gasteiger partial charge in [0.2, 0.25) is 0 Å². The highest BCUT2D eigenvalue weighted by atomic mass is 31.2. The lowest BCUT2D eigenvalue weighted by atomic mass is 9.89. The first-order valence-electron chi connectivity index (χ1n) is 21.9. The molecule has 0 N–H and O–H groups in total. The normalized spacial score (nSPS) is 14.3. The van der Waals surface area contributed by atoms with Crippen molar-refractivity contribution in [2.24, 2.45) is 0 Å². The maximum absolute atomic E-state index is 15.6. The molecule has 3 unspecified atom stereocenters. The Morgan fingerprint density at radius 3 is 0.925 bits per heavy atom. The maximum Gasteiger partial charge on any atom is 0.647 e. The van der Waals surface area contributed by atoms with Crippen molar-refractivity contribution in [2.45, 2.75) is 194 Å². The minimum absolute atomic E-state index is 0.315. The van der Waals surface area contributed by atoms with Gasteiger partial charge < -0.3 is 13.6 Å². The fourth-order valence-corrected chi connectivity index (χ4v) is 9.32. The highest BCUT2D eigenvalue weighted by Gasteiger charge is 2.37. The van der Waals surface area contributed by atoms with Gasteiger partial charge in [0.05, 0.1) is 0 Å². The predicted molar refractivity (Wildman–Crippen MR) is 228 cm³/mol. The van der Waals surface area contributed by atoms with E-state index in [0.717, 1.165) is 74.5 Å². The second-order valence-electron chi connectivity index (χ2n) is 15.3. The third-order valence-electron chi connectivity index (χ3n) is 10.8. The van der Waals surface area contributed by atoms with E-state index in [0.29, 0.717) is 35.0 Å². The molecule has 296 valence electrons. The molecule has 0 saturated carbocycles. The van der Waals surface area contributed by atoms with Crippen molar-refractivity contribution >= 4 is 7.82 Å². The molecule has 5 heteroatoms. The third kappa shape index (κ3) is 15.5. The summed E-state index contributed by atoms with van der Waals surface area (Å²) in [6, 6.07) is 24.5. The molecule has 0 aromatic heterocycles. The average molecular weight is 747 g/mol. The van der Waals surface area contributed by atoms with Gasteiger partial charge in [-0.15, -0.1) is 0 Å². The Morgan fingerprint density at radius 1 is 0.377 bits per heavy atom. The summed E-state index contributed by atoms with van der Waals surface area (Å²) in [6.45, 7) is 13.5. The summed E-state index contributed by atoms with van der Waals surface area (Å²) in [5.74, 6) is 2.76. The number of hydrogen-bond acceptors (Lipinski definition) is 4. The van der Waals surface area contributed by atoms with Gasteiger partial charge in [0, 0.05) is 0 Å². The second-order valence-corrected chi connectivity index (χ2v) is 16.8. The zero-order valence-electron chi connectivity index (χ0n) is 34.6. The molecule has 0 radical (unpaired) electrons. The average Bonchev–Trinajstić information content (AvgIpc) is 3.16. The standard InChI is InChI=1S/C48H75O4P/c1-7-13-16-19-31-40(28-10-4)43-34-22-25-37-46(43)50-53(49,51-47-38-26-23-35-44(47)41(29-11-5)32-20-17-14-8-2)52-48-39-27-24-36-45(48)42(30-12-6)33-21-18-15-9-3/h22-27,34-42H,7-21,28-33H2,1-6H3. The summed E-state index contributed by atoms with van der Waals surface area (Å²) in [7, 11) is -4.25. The SMILES string of the molecule is CCCCCCC(CCC)c1ccccc1OP(=O)(Oc1ccccc1C(CCC)CCCCCC)Oc1ccccc1C(CCC)CCCCCC. The molecule has 3 atom stereocenters. The minimum Gasteiger partial charge on any atom is -0.386 e. The molecule has 53 heavy (non-hydrogen) atoms. The van der Waals surface area contributed by atoms with Crippen LogP contribution in [0.2, 0.25) is 0 Å².